The molecule has 0 saturated heterocycles. The SMILES string of the molecule is NS(=O)(=O)C1=CCC2=C(SCC2)S1(=O)=O. The molecule has 0 aromatic carbocycles. The van der Waals surface area contributed by atoms with Crippen molar-refractivity contribution in [2.45, 2.75) is 12.8 Å². The van der Waals surface area contributed by atoms with Gasteiger partial charge in [-0.2, -0.15) is 0 Å². The van der Waals surface area contributed by atoms with Gasteiger partial charge in [0.2, 0.25) is 19.9 Å². The van der Waals surface area contributed by atoms with Gasteiger partial charge in [0, 0.05) is 5.75 Å². The molecule has 2 rings (SSSR count). The number of primary sulfonamides is 1. The van der Waals surface area contributed by atoms with Crippen molar-refractivity contribution in [3.63, 3.8) is 0 Å². The van der Waals surface area contributed by atoms with Gasteiger partial charge in [-0.1, -0.05) is 0 Å². The summed E-state index contributed by atoms with van der Waals surface area (Å²) in [6.45, 7) is 0. The molecule has 0 unspecified atom stereocenters. The minimum absolute atomic E-state index is 0.189. The Balaban J connectivity index is 2.60. The van der Waals surface area contributed by atoms with Crippen molar-refractivity contribution in [1.82, 2.24) is 0 Å². The van der Waals surface area contributed by atoms with Crippen LogP contribution in [0.2, 0.25) is 0 Å². The van der Waals surface area contributed by atoms with Gasteiger partial charge in [-0.05, 0) is 24.5 Å². The lowest BCUT2D eigenvalue weighted by molar-refractivity contribution is 0.599. The van der Waals surface area contributed by atoms with Crippen LogP contribution in [0.4, 0.5) is 0 Å². The van der Waals surface area contributed by atoms with Gasteiger partial charge in [-0.25, -0.2) is 22.0 Å². The molecule has 2 aliphatic heterocycles. The van der Waals surface area contributed by atoms with E-state index in [1.165, 1.54) is 17.8 Å². The molecule has 2 heterocycles. The van der Waals surface area contributed by atoms with Crippen LogP contribution < -0.4 is 5.14 Å². The van der Waals surface area contributed by atoms with E-state index in [0.717, 1.165) is 5.57 Å². The van der Waals surface area contributed by atoms with Crippen molar-refractivity contribution in [2.24, 2.45) is 5.14 Å². The molecule has 0 saturated carbocycles. The quantitative estimate of drug-likeness (QED) is 0.736. The summed E-state index contributed by atoms with van der Waals surface area (Å²) in [5.41, 5.74) is 0.799. The second kappa shape index (κ2) is 3.34. The van der Waals surface area contributed by atoms with Gasteiger partial charge >= 0.3 is 0 Å². The smallest absolute Gasteiger partial charge is 0.224 e. The van der Waals surface area contributed by atoms with E-state index in [1.54, 1.807) is 0 Å². The van der Waals surface area contributed by atoms with E-state index < -0.39 is 24.1 Å². The minimum atomic E-state index is -4.15. The monoisotopic (exact) mass is 267 g/mol. The molecule has 0 aliphatic carbocycles. The van der Waals surface area contributed by atoms with Crippen molar-refractivity contribution in [2.75, 3.05) is 5.75 Å². The number of allylic oxidation sites excluding steroid dienone is 2. The fraction of sp³-hybridized carbons (Fsp3) is 0.429. The fourth-order valence-electron chi connectivity index (χ4n) is 1.60. The number of hydrogen-bond acceptors (Lipinski definition) is 5. The molecule has 0 amide bonds. The van der Waals surface area contributed by atoms with Gasteiger partial charge in [0.1, 0.15) is 4.24 Å². The van der Waals surface area contributed by atoms with Crippen molar-refractivity contribution in [3.05, 3.63) is 20.1 Å². The van der Waals surface area contributed by atoms with Crippen molar-refractivity contribution < 1.29 is 16.8 Å². The third kappa shape index (κ3) is 1.75. The van der Waals surface area contributed by atoms with Crippen molar-refractivity contribution in [1.29, 1.82) is 0 Å². The van der Waals surface area contributed by atoms with Crippen LogP contribution in [-0.2, 0) is 19.9 Å². The number of thioether (sulfide) groups is 1. The standard InChI is InChI=1S/C7H9NO4S3/c8-15(11,12)6-2-1-5-3-4-13-7(5)14(6,9)10/h2H,1,3-4H2,(H2,8,11,12). The van der Waals surface area contributed by atoms with Crippen LogP contribution in [0.3, 0.4) is 0 Å². The van der Waals surface area contributed by atoms with Crippen LogP contribution in [-0.4, -0.2) is 22.6 Å². The van der Waals surface area contributed by atoms with E-state index in [4.69, 9.17) is 5.14 Å². The number of rotatable bonds is 1. The van der Waals surface area contributed by atoms with Gasteiger partial charge in [0.05, 0.1) is 0 Å². The molecule has 15 heavy (non-hydrogen) atoms. The highest BCUT2D eigenvalue weighted by Gasteiger charge is 2.38. The molecule has 5 nitrogen and oxygen atoms in total. The maximum Gasteiger partial charge on any atom is 0.249 e. The van der Waals surface area contributed by atoms with Gasteiger partial charge in [0.25, 0.3) is 0 Å². The summed E-state index contributed by atoms with van der Waals surface area (Å²) in [4.78, 5) is 0. The average molecular weight is 267 g/mol. The molecule has 0 spiro atoms. The fourth-order valence-corrected chi connectivity index (χ4v) is 6.66. The number of sulfonamides is 1. The highest BCUT2D eigenvalue weighted by Crippen LogP contribution is 2.43. The van der Waals surface area contributed by atoms with Crippen LogP contribution >= 0.6 is 11.8 Å². The molecule has 0 bridgehead atoms. The Bertz CT molecular complexity index is 567. The maximum atomic E-state index is 11.8. The van der Waals surface area contributed by atoms with Crippen LogP contribution in [0.1, 0.15) is 12.8 Å². The van der Waals surface area contributed by atoms with E-state index in [1.807, 2.05) is 0 Å². The van der Waals surface area contributed by atoms with Crippen LogP contribution in [0.25, 0.3) is 0 Å². The Hall–Kier alpha value is -0.310. The molecule has 84 valence electrons. The van der Waals surface area contributed by atoms with Crippen LogP contribution in [0.5, 0.6) is 0 Å². The molecule has 0 aromatic heterocycles. The van der Waals surface area contributed by atoms with E-state index in [9.17, 15) is 16.8 Å². The average Bonchev–Trinajstić information content (AvgIpc) is 2.49. The first-order valence-corrected chi connectivity index (χ1v) is 8.18. The lowest BCUT2D eigenvalue weighted by Crippen LogP contribution is -2.23. The Labute approximate surface area is 92.4 Å². The number of nitrogens with two attached hydrogens (primary N) is 1. The molecular formula is C7H9NO4S3. The third-order valence-electron chi connectivity index (χ3n) is 2.23. The zero-order valence-corrected chi connectivity index (χ0v) is 10.1. The largest absolute Gasteiger partial charge is 0.249 e. The highest BCUT2D eigenvalue weighted by atomic mass is 32.3. The summed E-state index contributed by atoms with van der Waals surface area (Å²) in [5, 5.41) is 4.86. The third-order valence-corrected chi connectivity index (χ3v) is 7.76. The summed E-state index contributed by atoms with van der Waals surface area (Å²) in [7, 11) is -8.01. The predicted molar refractivity (Wildman–Crippen MR) is 58.8 cm³/mol. The van der Waals surface area contributed by atoms with Gasteiger partial charge in [-0.15, -0.1) is 11.8 Å². The minimum Gasteiger partial charge on any atom is -0.224 e. The van der Waals surface area contributed by atoms with Gasteiger partial charge in [-0.3, -0.25) is 0 Å². The van der Waals surface area contributed by atoms with Gasteiger partial charge < -0.3 is 0 Å². The van der Waals surface area contributed by atoms with Crippen LogP contribution in [0.15, 0.2) is 20.1 Å². The first kappa shape index (κ1) is 11.2. The molecule has 2 N–H and O–H groups in total. The molecule has 0 atom stereocenters. The second-order valence-electron chi connectivity index (χ2n) is 3.27. The summed E-state index contributed by atoms with van der Waals surface area (Å²) in [6.07, 6.45) is 2.26. The Morgan fingerprint density at radius 3 is 2.67 bits per heavy atom. The second-order valence-corrected chi connectivity index (χ2v) is 8.27. The van der Waals surface area contributed by atoms with Gasteiger partial charge in [0.15, 0.2) is 4.24 Å². The maximum absolute atomic E-state index is 11.8. The topological polar surface area (TPSA) is 94.3 Å². The Morgan fingerprint density at radius 1 is 1.40 bits per heavy atom. The van der Waals surface area contributed by atoms with E-state index >= 15 is 0 Å². The highest BCUT2D eigenvalue weighted by molar-refractivity contribution is 8.25. The molecule has 8 heteroatoms. The van der Waals surface area contributed by atoms with E-state index in [0.29, 0.717) is 18.6 Å². The lowest BCUT2D eigenvalue weighted by Gasteiger charge is -2.13. The molecule has 0 radical (unpaired) electrons. The lowest BCUT2D eigenvalue weighted by atomic mass is 10.2. The summed E-state index contributed by atoms with van der Waals surface area (Å²) < 4.78 is 45.4. The molecule has 0 aromatic rings. The first-order valence-electron chi connectivity index (χ1n) is 4.16. The summed E-state index contributed by atoms with van der Waals surface area (Å²) in [5.74, 6) is 0.690. The predicted octanol–water partition coefficient (Wildman–Crippen LogP) is 0.283. The molecule has 0 fully saturated rings. The Morgan fingerprint density at radius 2 is 2.07 bits per heavy atom. The number of sulfone groups is 1. The summed E-state index contributed by atoms with van der Waals surface area (Å²) in [6, 6.07) is 0. The van der Waals surface area contributed by atoms with E-state index in [-0.39, 0.29) is 4.24 Å². The summed E-state index contributed by atoms with van der Waals surface area (Å²) >= 11 is 1.18. The Kier molecular flexibility index (Phi) is 2.49. The van der Waals surface area contributed by atoms with Crippen LogP contribution in [0, 0.1) is 0 Å². The van der Waals surface area contributed by atoms with E-state index in [2.05, 4.69) is 0 Å². The first-order chi connectivity index (χ1) is 6.83. The number of hydrogen-bond donors (Lipinski definition) is 1. The van der Waals surface area contributed by atoms with Crippen molar-refractivity contribution >= 4 is 31.6 Å². The molecule has 2 aliphatic rings. The zero-order valence-electron chi connectivity index (χ0n) is 7.63. The van der Waals surface area contributed by atoms with Crippen molar-refractivity contribution in [3.8, 4) is 0 Å². The molecular weight excluding hydrogens is 258 g/mol. The zero-order chi connectivity index (χ0) is 11.3. The normalized spacial score (nSPS) is 25.0.